The molecule has 0 aliphatic carbocycles. The topological polar surface area (TPSA) is 44.8 Å². The van der Waals surface area contributed by atoms with Crippen molar-refractivity contribution in [3.8, 4) is 0 Å². The van der Waals surface area contributed by atoms with Gasteiger partial charge < -0.3 is 0 Å². The molecule has 0 saturated carbocycles. The van der Waals surface area contributed by atoms with Gasteiger partial charge in [-0.15, -0.1) is 0 Å². The molecule has 107 valence electrons. The molecule has 4 nitrogen and oxygen atoms in total. The Bertz CT molecular complexity index is 407. The van der Waals surface area contributed by atoms with E-state index in [0.29, 0.717) is 0 Å². The SMILES string of the molecule is CCOP(=O)(OCC)OC(C)(C)[CH]c1ccccc1. The Morgan fingerprint density at radius 3 is 2.11 bits per heavy atom. The Labute approximate surface area is 115 Å². The molecular formula is C14H22O4P. The highest BCUT2D eigenvalue weighted by molar-refractivity contribution is 7.48. The van der Waals surface area contributed by atoms with E-state index in [2.05, 4.69) is 0 Å². The molecular weight excluding hydrogens is 263 g/mol. The fourth-order valence-electron chi connectivity index (χ4n) is 1.67. The normalized spacial score (nSPS) is 12.6. The second kappa shape index (κ2) is 7.20. The summed E-state index contributed by atoms with van der Waals surface area (Å²) >= 11 is 0. The van der Waals surface area contributed by atoms with Crippen LogP contribution in [0.4, 0.5) is 0 Å². The number of benzene rings is 1. The van der Waals surface area contributed by atoms with Gasteiger partial charge in [0.05, 0.1) is 18.8 Å². The Morgan fingerprint density at radius 1 is 1.11 bits per heavy atom. The zero-order valence-electron chi connectivity index (χ0n) is 12.0. The Balaban J connectivity index is 2.73. The first-order valence-electron chi connectivity index (χ1n) is 6.41. The third-order valence-corrected chi connectivity index (χ3v) is 4.08. The van der Waals surface area contributed by atoms with Gasteiger partial charge in [0.2, 0.25) is 0 Å². The van der Waals surface area contributed by atoms with Gasteiger partial charge in [-0.25, -0.2) is 4.57 Å². The second-order valence-electron chi connectivity index (χ2n) is 4.53. The molecule has 0 saturated heterocycles. The lowest BCUT2D eigenvalue weighted by Gasteiger charge is -2.28. The summed E-state index contributed by atoms with van der Waals surface area (Å²) in [6.07, 6.45) is 1.89. The number of rotatable bonds is 8. The zero-order chi connectivity index (χ0) is 14.4. The number of phosphoric acid groups is 1. The third kappa shape index (κ3) is 5.87. The molecule has 0 amide bonds. The smallest absolute Gasteiger partial charge is 0.287 e. The summed E-state index contributed by atoms with van der Waals surface area (Å²) in [5.74, 6) is 0. The molecule has 0 atom stereocenters. The summed E-state index contributed by atoms with van der Waals surface area (Å²) in [6.45, 7) is 7.71. The van der Waals surface area contributed by atoms with Crippen molar-refractivity contribution in [2.45, 2.75) is 33.3 Å². The van der Waals surface area contributed by atoms with Crippen molar-refractivity contribution in [3.05, 3.63) is 42.3 Å². The predicted octanol–water partition coefficient (Wildman–Crippen LogP) is 4.22. The van der Waals surface area contributed by atoms with E-state index in [9.17, 15) is 4.57 Å². The summed E-state index contributed by atoms with van der Waals surface area (Å²) in [4.78, 5) is 0. The highest BCUT2D eigenvalue weighted by Crippen LogP contribution is 2.53. The highest BCUT2D eigenvalue weighted by atomic mass is 31.2. The Morgan fingerprint density at radius 2 is 1.63 bits per heavy atom. The molecule has 0 aromatic heterocycles. The minimum atomic E-state index is -3.51. The van der Waals surface area contributed by atoms with Crippen LogP contribution in [0.2, 0.25) is 0 Å². The Kier molecular flexibility index (Phi) is 6.21. The van der Waals surface area contributed by atoms with E-state index in [1.807, 2.05) is 50.6 Å². The van der Waals surface area contributed by atoms with Crippen LogP contribution in [0.5, 0.6) is 0 Å². The van der Waals surface area contributed by atoms with Crippen LogP contribution in [-0.4, -0.2) is 18.8 Å². The maximum atomic E-state index is 12.3. The van der Waals surface area contributed by atoms with Crippen molar-refractivity contribution in [2.75, 3.05) is 13.2 Å². The summed E-state index contributed by atoms with van der Waals surface area (Å²) in [5.41, 5.74) is 0.244. The van der Waals surface area contributed by atoms with Gasteiger partial charge in [-0.1, -0.05) is 30.3 Å². The molecule has 1 radical (unpaired) electrons. The van der Waals surface area contributed by atoms with Crippen LogP contribution in [0.15, 0.2) is 30.3 Å². The van der Waals surface area contributed by atoms with Crippen molar-refractivity contribution >= 4 is 7.82 Å². The number of phosphoric ester groups is 1. The third-order valence-electron chi connectivity index (χ3n) is 2.24. The van der Waals surface area contributed by atoms with Crippen LogP contribution in [0.1, 0.15) is 33.3 Å². The zero-order valence-corrected chi connectivity index (χ0v) is 12.9. The summed E-state index contributed by atoms with van der Waals surface area (Å²) in [5, 5.41) is 0. The van der Waals surface area contributed by atoms with Crippen LogP contribution >= 0.6 is 7.82 Å². The van der Waals surface area contributed by atoms with Gasteiger partial charge in [0.1, 0.15) is 0 Å². The van der Waals surface area contributed by atoms with Crippen LogP contribution in [-0.2, 0) is 18.1 Å². The molecule has 0 unspecified atom stereocenters. The molecule has 0 aliphatic heterocycles. The van der Waals surface area contributed by atoms with Gasteiger partial charge in [-0.05, 0) is 33.3 Å². The average molecular weight is 285 g/mol. The standard InChI is InChI=1S/C14H22O4P/c1-5-16-19(15,17-6-2)18-14(3,4)12-13-10-8-7-9-11-13/h7-12H,5-6H2,1-4H3. The largest absolute Gasteiger partial charge is 0.475 e. The number of hydrogen-bond donors (Lipinski definition) is 0. The lowest BCUT2D eigenvalue weighted by molar-refractivity contribution is 0.0562. The first-order chi connectivity index (χ1) is 8.91. The number of hydrogen-bond acceptors (Lipinski definition) is 4. The molecule has 0 N–H and O–H groups in total. The molecule has 0 heterocycles. The van der Waals surface area contributed by atoms with E-state index in [1.165, 1.54) is 0 Å². The molecule has 1 aromatic rings. The van der Waals surface area contributed by atoms with E-state index < -0.39 is 13.4 Å². The van der Waals surface area contributed by atoms with Crippen molar-refractivity contribution in [1.82, 2.24) is 0 Å². The van der Waals surface area contributed by atoms with Gasteiger partial charge in [-0.2, -0.15) is 0 Å². The van der Waals surface area contributed by atoms with Gasteiger partial charge in [0, 0.05) is 6.42 Å². The summed E-state index contributed by atoms with van der Waals surface area (Å²) in [6, 6.07) is 9.73. The predicted molar refractivity (Wildman–Crippen MR) is 75.9 cm³/mol. The first-order valence-corrected chi connectivity index (χ1v) is 7.87. The van der Waals surface area contributed by atoms with Gasteiger partial charge in [0.15, 0.2) is 0 Å². The van der Waals surface area contributed by atoms with Crippen LogP contribution < -0.4 is 0 Å². The van der Waals surface area contributed by atoms with E-state index >= 15 is 0 Å². The second-order valence-corrected chi connectivity index (χ2v) is 6.13. The van der Waals surface area contributed by atoms with Crippen molar-refractivity contribution < 1.29 is 18.1 Å². The van der Waals surface area contributed by atoms with Gasteiger partial charge in [0.25, 0.3) is 0 Å². The summed E-state index contributed by atoms with van der Waals surface area (Å²) < 4.78 is 28.2. The lowest BCUT2D eigenvalue weighted by atomic mass is 9.99. The van der Waals surface area contributed by atoms with Crippen molar-refractivity contribution in [2.24, 2.45) is 0 Å². The fraction of sp³-hybridized carbons (Fsp3) is 0.500. The van der Waals surface area contributed by atoms with Crippen LogP contribution in [0, 0.1) is 6.42 Å². The average Bonchev–Trinajstić information content (AvgIpc) is 2.28. The minimum Gasteiger partial charge on any atom is -0.287 e. The maximum absolute atomic E-state index is 12.3. The van der Waals surface area contributed by atoms with E-state index in [4.69, 9.17) is 13.6 Å². The van der Waals surface area contributed by atoms with E-state index in [0.717, 1.165) is 5.56 Å². The van der Waals surface area contributed by atoms with Gasteiger partial charge in [-0.3, -0.25) is 13.6 Å². The lowest BCUT2D eigenvalue weighted by Crippen LogP contribution is -2.25. The quantitative estimate of drug-likeness (QED) is 0.671. The Hall–Kier alpha value is -0.670. The molecule has 19 heavy (non-hydrogen) atoms. The molecule has 5 heteroatoms. The summed E-state index contributed by atoms with van der Waals surface area (Å²) in [7, 11) is -3.51. The first kappa shape index (κ1) is 16.4. The fourth-order valence-corrected chi connectivity index (χ4v) is 3.11. The molecule has 1 aromatic carbocycles. The van der Waals surface area contributed by atoms with Crippen LogP contribution in [0.25, 0.3) is 0 Å². The molecule has 0 bridgehead atoms. The van der Waals surface area contributed by atoms with Crippen LogP contribution in [0.3, 0.4) is 0 Å². The highest BCUT2D eigenvalue weighted by Gasteiger charge is 2.34. The molecule has 1 rings (SSSR count). The maximum Gasteiger partial charge on any atom is 0.475 e. The van der Waals surface area contributed by atoms with Gasteiger partial charge >= 0.3 is 7.82 Å². The molecule has 0 spiro atoms. The minimum absolute atomic E-state index is 0.276. The monoisotopic (exact) mass is 285 g/mol. The molecule has 0 fully saturated rings. The molecule has 0 aliphatic rings. The van der Waals surface area contributed by atoms with E-state index in [1.54, 1.807) is 13.8 Å². The van der Waals surface area contributed by atoms with Crippen molar-refractivity contribution in [3.63, 3.8) is 0 Å². The van der Waals surface area contributed by atoms with E-state index in [-0.39, 0.29) is 13.2 Å². The van der Waals surface area contributed by atoms with Crippen molar-refractivity contribution in [1.29, 1.82) is 0 Å².